The molecule has 0 saturated carbocycles. The first kappa shape index (κ1) is 27.1. The van der Waals surface area contributed by atoms with E-state index in [0.717, 1.165) is 0 Å². The van der Waals surface area contributed by atoms with Crippen LogP contribution in [0, 0.1) is 23.7 Å². The zero-order valence-corrected chi connectivity index (χ0v) is 17.0. The molecule has 0 amide bonds. The number of carbonyl (C=O) groups excluding carboxylic acids is 3. The molecule has 0 aromatic rings. The second-order valence-corrected chi connectivity index (χ2v) is 8.75. The molecule has 1 rings (SSSR count). The van der Waals surface area contributed by atoms with Crippen LogP contribution in [-0.2, 0) is 14.4 Å². The zero-order valence-electron chi connectivity index (χ0n) is 17.0. The van der Waals surface area contributed by atoms with Gasteiger partial charge in [-0.2, -0.15) is 0 Å². The fourth-order valence-corrected chi connectivity index (χ4v) is 3.36. The molecular weight excluding hydrogens is 371 g/mol. The summed E-state index contributed by atoms with van der Waals surface area (Å²) in [7, 11) is 0. The average molecular weight is 407 g/mol. The van der Waals surface area contributed by atoms with Crippen LogP contribution in [0.25, 0.3) is 0 Å². The Labute approximate surface area is 205 Å². The van der Waals surface area contributed by atoms with Crippen molar-refractivity contribution in [1.82, 2.24) is 0 Å². The van der Waals surface area contributed by atoms with Gasteiger partial charge in [0.05, 0.1) is 5.92 Å². The van der Waals surface area contributed by atoms with Crippen molar-refractivity contribution in [2.75, 3.05) is 0 Å². The molecule has 6 heteroatoms. The molecule has 2 N–H and O–H groups in total. The number of hydrogen-bond acceptors (Lipinski definition) is 5. The topological polar surface area (TPSA) is 91.7 Å². The summed E-state index contributed by atoms with van der Waals surface area (Å²) in [6.07, 6.45) is 1.60. The van der Waals surface area contributed by atoms with Gasteiger partial charge in [-0.15, -0.1) is 0 Å². The summed E-state index contributed by atoms with van der Waals surface area (Å²) in [6.45, 7) is 11.6. The molecule has 0 bridgehead atoms. The van der Waals surface area contributed by atoms with Gasteiger partial charge in [0, 0.05) is 12.8 Å². The molecule has 0 fully saturated rings. The Kier molecular flexibility index (Phi) is 11.4. The predicted molar refractivity (Wildman–Crippen MR) is 108 cm³/mol. The number of aliphatic hydroxyl groups excluding tert-OH is 1. The van der Waals surface area contributed by atoms with Gasteiger partial charge in [0.2, 0.25) is 0 Å². The third-order valence-electron chi connectivity index (χ3n) is 4.94. The number of aliphatic hydroxyl groups is 2. The van der Waals surface area contributed by atoms with Crippen LogP contribution in [0.2, 0.25) is 0 Å². The Bertz CT molecular complexity index is 591. The molecule has 5 nitrogen and oxygen atoms in total. The summed E-state index contributed by atoms with van der Waals surface area (Å²) in [5.74, 6) is -2.92. The molecule has 0 saturated heterocycles. The van der Waals surface area contributed by atoms with Gasteiger partial charge in [-0.25, -0.2) is 0 Å². The van der Waals surface area contributed by atoms with Gasteiger partial charge >= 0.3 is 51.4 Å². The van der Waals surface area contributed by atoms with Crippen LogP contribution >= 0.6 is 0 Å². The van der Waals surface area contributed by atoms with E-state index in [2.05, 4.69) is 0 Å². The van der Waals surface area contributed by atoms with E-state index in [4.69, 9.17) is 0 Å². The normalized spacial score (nSPS) is 22.7. The van der Waals surface area contributed by atoms with Gasteiger partial charge < -0.3 is 10.2 Å². The van der Waals surface area contributed by atoms with Crippen molar-refractivity contribution in [1.29, 1.82) is 0 Å². The maximum absolute atomic E-state index is 12.9. The molecule has 2 atom stereocenters. The van der Waals surface area contributed by atoms with E-state index in [9.17, 15) is 24.6 Å². The molecule has 150 valence electrons. The Morgan fingerprint density at radius 1 is 1.00 bits per heavy atom. The third kappa shape index (κ3) is 6.58. The van der Waals surface area contributed by atoms with Crippen LogP contribution in [0.15, 0.2) is 11.3 Å². The van der Waals surface area contributed by atoms with E-state index in [-0.39, 0.29) is 94.0 Å². The fourth-order valence-electron chi connectivity index (χ4n) is 3.36. The van der Waals surface area contributed by atoms with Crippen molar-refractivity contribution < 1.29 is 24.6 Å². The SMILES string of the molecule is CC(C)CCC(=O)[C@]1(O)C(O)=C(C(=O)CC(C)C)C(=O)[C@H]1CCC(C)C.[KH]. The van der Waals surface area contributed by atoms with E-state index >= 15 is 0 Å². The average Bonchev–Trinajstić information content (AvgIpc) is 2.69. The van der Waals surface area contributed by atoms with Crippen molar-refractivity contribution in [3.05, 3.63) is 11.3 Å². The van der Waals surface area contributed by atoms with E-state index in [0.29, 0.717) is 12.8 Å². The van der Waals surface area contributed by atoms with Gasteiger partial charge in [-0.05, 0) is 30.6 Å². The van der Waals surface area contributed by atoms with E-state index < -0.39 is 34.6 Å². The zero-order chi connectivity index (χ0) is 20.2. The van der Waals surface area contributed by atoms with Gasteiger partial charge in [-0.3, -0.25) is 14.4 Å². The quantitative estimate of drug-likeness (QED) is 0.429. The predicted octanol–water partition coefficient (Wildman–Crippen LogP) is 3.14. The van der Waals surface area contributed by atoms with E-state index in [1.54, 1.807) is 0 Å². The van der Waals surface area contributed by atoms with Crippen molar-refractivity contribution in [3.8, 4) is 0 Å². The standard InChI is InChI=1S/C21H34O5.K.H/c1-12(2)7-9-15-19(24)18(16(22)11-14(5)6)20(25)21(15,26)17(23)10-8-13(3)4;;/h12-15,25-26H,7-11H2,1-6H3;;/t15-,21+;;/m1../s1. The molecule has 0 unspecified atom stereocenters. The molecule has 27 heavy (non-hydrogen) atoms. The molecule has 0 aliphatic heterocycles. The van der Waals surface area contributed by atoms with Crippen LogP contribution in [0.4, 0.5) is 0 Å². The van der Waals surface area contributed by atoms with Crippen molar-refractivity contribution in [3.63, 3.8) is 0 Å². The number of allylic oxidation sites excluding steroid dienone is 1. The third-order valence-corrected chi connectivity index (χ3v) is 4.94. The van der Waals surface area contributed by atoms with Crippen LogP contribution in [-0.4, -0.2) is 84.5 Å². The monoisotopic (exact) mass is 406 g/mol. The Morgan fingerprint density at radius 2 is 1.52 bits per heavy atom. The van der Waals surface area contributed by atoms with Crippen LogP contribution in [0.3, 0.4) is 0 Å². The molecule has 0 aromatic heterocycles. The summed E-state index contributed by atoms with van der Waals surface area (Å²) in [4.78, 5) is 38.1. The minimum absolute atomic E-state index is 0. The molecule has 0 heterocycles. The van der Waals surface area contributed by atoms with Gasteiger partial charge in [-0.1, -0.05) is 48.0 Å². The molecule has 1 aliphatic carbocycles. The molecule has 0 radical (unpaired) electrons. The van der Waals surface area contributed by atoms with Crippen LogP contribution in [0.5, 0.6) is 0 Å². The van der Waals surface area contributed by atoms with Gasteiger partial charge in [0.15, 0.2) is 23.0 Å². The second kappa shape index (κ2) is 11.4. The van der Waals surface area contributed by atoms with Gasteiger partial charge in [0.25, 0.3) is 0 Å². The minimum atomic E-state index is -2.26. The number of hydrogen-bond donors (Lipinski definition) is 2. The van der Waals surface area contributed by atoms with E-state index in [1.807, 2.05) is 41.5 Å². The number of carbonyl (C=O) groups is 3. The molecule has 0 aromatic carbocycles. The number of rotatable bonds is 10. The van der Waals surface area contributed by atoms with Crippen LogP contribution in [0.1, 0.15) is 73.6 Å². The summed E-state index contributed by atoms with van der Waals surface area (Å²) < 4.78 is 0. The first-order valence-corrected chi connectivity index (χ1v) is 9.69. The van der Waals surface area contributed by atoms with Crippen molar-refractivity contribution in [2.45, 2.75) is 79.2 Å². The summed E-state index contributed by atoms with van der Waals surface area (Å²) in [5, 5.41) is 21.7. The Balaban J connectivity index is 0.00000676. The summed E-state index contributed by atoms with van der Waals surface area (Å²) >= 11 is 0. The first-order chi connectivity index (χ1) is 11.9. The summed E-state index contributed by atoms with van der Waals surface area (Å²) in [6, 6.07) is 0. The molecule has 1 aliphatic rings. The maximum atomic E-state index is 12.9. The van der Waals surface area contributed by atoms with E-state index in [1.165, 1.54) is 0 Å². The fraction of sp³-hybridized carbons (Fsp3) is 0.762. The van der Waals surface area contributed by atoms with Crippen molar-refractivity contribution >= 4 is 68.7 Å². The number of Topliss-reactive ketones (excluding diaryl/α,β-unsaturated/α-hetero) is 3. The molecular formula is C21H35KO5. The molecule has 0 spiro atoms. The summed E-state index contributed by atoms with van der Waals surface area (Å²) in [5.41, 5.74) is -2.63. The van der Waals surface area contributed by atoms with Gasteiger partial charge in [0.1, 0.15) is 11.3 Å². The first-order valence-electron chi connectivity index (χ1n) is 9.69. The Morgan fingerprint density at radius 3 is 1.96 bits per heavy atom. The Hall–Kier alpha value is 0.146. The van der Waals surface area contributed by atoms with Crippen molar-refractivity contribution in [2.24, 2.45) is 23.7 Å². The van der Waals surface area contributed by atoms with Crippen LogP contribution < -0.4 is 0 Å². The second-order valence-electron chi connectivity index (χ2n) is 8.75. The number of ketones is 3.